The standard InChI is InChI=1S/C16H30/c1-6-13-12(2)8-9-14-15(3,4)10-7-11-16(13,14)5/h12-14H,6-11H2,1-5H3/t12?,13-,14?,16+/m0/s1. The topological polar surface area (TPSA) is 0 Å². The zero-order valence-corrected chi connectivity index (χ0v) is 12.0. The quantitative estimate of drug-likeness (QED) is 0.566. The van der Waals surface area contributed by atoms with Gasteiger partial charge in [-0.1, -0.05) is 53.9 Å². The molecule has 0 bridgehead atoms. The van der Waals surface area contributed by atoms with Gasteiger partial charge in [0.1, 0.15) is 0 Å². The minimum atomic E-state index is 0.598. The third-order valence-electron chi connectivity index (χ3n) is 6.16. The SMILES string of the molecule is CC[C@H]1C(C)CCC2C(C)(C)CCC[C@@]21C. The number of fused-ring (bicyclic) bond motifs is 1. The molecule has 0 heterocycles. The van der Waals surface area contributed by atoms with Gasteiger partial charge in [0.2, 0.25) is 0 Å². The summed E-state index contributed by atoms with van der Waals surface area (Å²) in [7, 11) is 0. The van der Waals surface area contributed by atoms with Crippen molar-refractivity contribution < 1.29 is 0 Å². The highest BCUT2D eigenvalue weighted by Crippen LogP contribution is 2.61. The lowest BCUT2D eigenvalue weighted by molar-refractivity contribution is -0.0943. The first kappa shape index (κ1) is 12.5. The molecule has 16 heavy (non-hydrogen) atoms. The zero-order chi connectivity index (χ0) is 12.0. The predicted octanol–water partition coefficient (Wildman–Crippen LogP) is 5.28. The molecule has 2 unspecified atom stereocenters. The van der Waals surface area contributed by atoms with Crippen LogP contribution in [0.25, 0.3) is 0 Å². The van der Waals surface area contributed by atoms with Crippen molar-refractivity contribution >= 4 is 0 Å². The molecule has 0 amide bonds. The molecular formula is C16H30. The van der Waals surface area contributed by atoms with E-state index in [4.69, 9.17) is 0 Å². The Morgan fingerprint density at radius 3 is 2.38 bits per heavy atom. The van der Waals surface area contributed by atoms with Crippen molar-refractivity contribution in [3.05, 3.63) is 0 Å². The van der Waals surface area contributed by atoms with E-state index in [1.54, 1.807) is 0 Å². The van der Waals surface area contributed by atoms with Crippen molar-refractivity contribution in [2.75, 3.05) is 0 Å². The molecule has 2 fully saturated rings. The van der Waals surface area contributed by atoms with Crippen LogP contribution < -0.4 is 0 Å². The van der Waals surface area contributed by atoms with Gasteiger partial charge in [0.15, 0.2) is 0 Å². The summed E-state index contributed by atoms with van der Waals surface area (Å²) < 4.78 is 0. The molecule has 0 aromatic carbocycles. The third kappa shape index (κ3) is 1.73. The van der Waals surface area contributed by atoms with E-state index in [2.05, 4.69) is 34.6 Å². The molecular weight excluding hydrogens is 192 g/mol. The molecule has 2 rings (SSSR count). The van der Waals surface area contributed by atoms with Gasteiger partial charge < -0.3 is 0 Å². The van der Waals surface area contributed by atoms with E-state index in [1.165, 1.54) is 38.5 Å². The molecule has 0 radical (unpaired) electrons. The maximum absolute atomic E-state index is 2.61. The summed E-state index contributed by atoms with van der Waals surface area (Å²) in [6, 6.07) is 0. The summed E-state index contributed by atoms with van der Waals surface area (Å²) in [6.45, 7) is 12.6. The van der Waals surface area contributed by atoms with E-state index < -0.39 is 0 Å². The van der Waals surface area contributed by atoms with E-state index in [9.17, 15) is 0 Å². The molecule has 2 aliphatic carbocycles. The molecule has 0 aromatic heterocycles. The second kappa shape index (κ2) is 4.03. The summed E-state index contributed by atoms with van der Waals surface area (Å²) >= 11 is 0. The average Bonchev–Trinajstić information content (AvgIpc) is 2.15. The van der Waals surface area contributed by atoms with Crippen molar-refractivity contribution in [2.24, 2.45) is 28.6 Å². The van der Waals surface area contributed by atoms with Crippen molar-refractivity contribution in [2.45, 2.75) is 73.1 Å². The van der Waals surface area contributed by atoms with E-state index in [-0.39, 0.29) is 0 Å². The average molecular weight is 222 g/mol. The Morgan fingerprint density at radius 1 is 1.06 bits per heavy atom. The van der Waals surface area contributed by atoms with Crippen LogP contribution in [-0.2, 0) is 0 Å². The third-order valence-corrected chi connectivity index (χ3v) is 6.16. The van der Waals surface area contributed by atoms with Crippen LogP contribution in [-0.4, -0.2) is 0 Å². The fraction of sp³-hybridized carbons (Fsp3) is 1.00. The van der Waals surface area contributed by atoms with Gasteiger partial charge in [-0.3, -0.25) is 0 Å². The van der Waals surface area contributed by atoms with E-state index in [0.717, 1.165) is 17.8 Å². The van der Waals surface area contributed by atoms with Gasteiger partial charge in [-0.15, -0.1) is 0 Å². The second-order valence-corrected chi connectivity index (χ2v) is 7.47. The summed E-state index contributed by atoms with van der Waals surface area (Å²) in [5.74, 6) is 2.92. The predicted molar refractivity (Wildman–Crippen MR) is 71.4 cm³/mol. The van der Waals surface area contributed by atoms with Gasteiger partial charge >= 0.3 is 0 Å². The van der Waals surface area contributed by atoms with Crippen LogP contribution in [0.1, 0.15) is 73.1 Å². The van der Waals surface area contributed by atoms with Crippen LogP contribution in [0, 0.1) is 28.6 Å². The molecule has 94 valence electrons. The van der Waals surface area contributed by atoms with Crippen LogP contribution in [0.4, 0.5) is 0 Å². The Morgan fingerprint density at radius 2 is 1.75 bits per heavy atom. The molecule has 0 saturated heterocycles. The van der Waals surface area contributed by atoms with Gasteiger partial charge in [0, 0.05) is 0 Å². The van der Waals surface area contributed by atoms with Crippen molar-refractivity contribution in [3.63, 3.8) is 0 Å². The molecule has 4 atom stereocenters. The second-order valence-electron chi connectivity index (χ2n) is 7.47. The van der Waals surface area contributed by atoms with Crippen LogP contribution in [0.3, 0.4) is 0 Å². The molecule has 0 nitrogen and oxygen atoms in total. The van der Waals surface area contributed by atoms with Crippen molar-refractivity contribution in [1.29, 1.82) is 0 Å². The largest absolute Gasteiger partial charge is 0.0651 e. The molecule has 0 aromatic rings. The van der Waals surface area contributed by atoms with Gasteiger partial charge in [0.25, 0.3) is 0 Å². The molecule has 0 N–H and O–H groups in total. The number of rotatable bonds is 1. The van der Waals surface area contributed by atoms with E-state index in [0.29, 0.717) is 10.8 Å². The monoisotopic (exact) mass is 222 g/mol. The first-order valence-electron chi connectivity index (χ1n) is 7.42. The molecule has 0 heteroatoms. The fourth-order valence-electron chi connectivity index (χ4n) is 5.48. The number of hydrogen-bond donors (Lipinski definition) is 0. The molecule has 0 aliphatic heterocycles. The lowest BCUT2D eigenvalue weighted by Gasteiger charge is -2.59. The first-order valence-corrected chi connectivity index (χ1v) is 7.42. The lowest BCUT2D eigenvalue weighted by atomic mass is 9.46. The van der Waals surface area contributed by atoms with Crippen LogP contribution in [0.5, 0.6) is 0 Å². The van der Waals surface area contributed by atoms with Crippen molar-refractivity contribution in [1.82, 2.24) is 0 Å². The Hall–Kier alpha value is 0. The summed E-state index contributed by atoms with van der Waals surface area (Å²) in [5, 5.41) is 0. The highest BCUT2D eigenvalue weighted by molar-refractivity contribution is 5.02. The molecule has 0 spiro atoms. The maximum Gasteiger partial charge on any atom is -0.0262 e. The van der Waals surface area contributed by atoms with Gasteiger partial charge in [0.05, 0.1) is 0 Å². The summed E-state index contributed by atoms with van der Waals surface area (Å²) in [4.78, 5) is 0. The first-order chi connectivity index (χ1) is 7.42. The number of hydrogen-bond acceptors (Lipinski definition) is 0. The van der Waals surface area contributed by atoms with Crippen molar-refractivity contribution in [3.8, 4) is 0 Å². The maximum atomic E-state index is 2.61. The van der Waals surface area contributed by atoms with E-state index >= 15 is 0 Å². The minimum Gasteiger partial charge on any atom is -0.0651 e. The molecule has 2 saturated carbocycles. The van der Waals surface area contributed by atoms with Crippen LogP contribution in [0.2, 0.25) is 0 Å². The van der Waals surface area contributed by atoms with Gasteiger partial charge in [-0.25, -0.2) is 0 Å². The minimum absolute atomic E-state index is 0.598. The summed E-state index contributed by atoms with van der Waals surface area (Å²) in [6.07, 6.45) is 8.76. The lowest BCUT2D eigenvalue weighted by Crippen LogP contribution is -2.50. The Balaban J connectivity index is 2.31. The smallest absolute Gasteiger partial charge is 0.0262 e. The Kier molecular flexibility index (Phi) is 3.14. The van der Waals surface area contributed by atoms with Crippen LogP contribution in [0.15, 0.2) is 0 Å². The summed E-state index contributed by atoms with van der Waals surface area (Å²) in [5.41, 5.74) is 1.24. The van der Waals surface area contributed by atoms with Gasteiger partial charge in [-0.05, 0) is 47.8 Å². The zero-order valence-electron chi connectivity index (χ0n) is 12.0. The Bertz CT molecular complexity index is 253. The van der Waals surface area contributed by atoms with Crippen LogP contribution >= 0.6 is 0 Å². The highest BCUT2D eigenvalue weighted by Gasteiger charge is 2.52. The van der Waals surface area contributed by atoms with Gasteiger partial charge in [-0.2, -0.15) is 0 Å². The molecule has 2 aliphatic rings. The highest BCUT2D eigenvalue weighted by atomic mass is 14.6. The Labute approximate surface area is 102 Å². The fourth-order valence-corrected chi connectivity index (χ4v) is 5.48. The normalized spacial score (nSPS) is 47.4. The van der Waals surface area contributed by atoms with E-state index in [1.807, 2.05) is 0 Å².